The number of amides is 1. The molecule has 0 radical (unpaired) electrons. The van der Waals surface area contributed by atoms with E-state index in [0.29, 0.717) is 5.56 Å². The standard InChI is InChI=1S/C20H25N5O/c26-20(16-7-2-1-3-8-16)23-17-9-6-12-25(14-17)19-13-18(21-15-22-19)24-10-4-5-11-24/h1-3,7-8,13,15,17H,4-6,9-12,14H2,(H,23,26)/t17-/m1/s1. The third kappa shape index (κ3) is 3.79. The number of nitrogens with zero attached hydrogens (tertiary/aromatic N) is 4. The summed E-state index contributed by atoms with van der Waals surface area (Å²) in [5, 5.41) is 3.17. The maximum absolute atomic E-state index is 12.4. The van der Waals surface area contributed by atoms with E-state index in [1.165, 1.54) is 12.8 Å². The number of nitrogens with one attached hydrogen (secondary N) is 1. The third-order valence-corrected chi connectivity index (χ3v) is 5.18. The minimum atomic E-state index is -0.00195. The zero-order chi connectivity index (χ0) is 17.8. The van der Waals surface area contributed by atoms with E-state index in [2.05, 4.69) is 31.2 Å². The van der Waals surface area contributed by atoms with Crippen molar-refractivity contribution in [2.45, 2.75) is 31.7 Å². The zero-order valence-electron chi connectivity index (χ0n) is 15.0. The van der Waals surface area contributed by atoms with Crippen LogP contribution in [0.15, 0.2) is 42.7 Å². The average Bonchev–Trinajstić information content (AvgIpc) is 3.24. The number of piperidine rings is 1. The number of aromatic nitrogens is 2. The van der Waals surface area contributed by atoms with Crippen molar-refractivity contribution < 1.29 is 4.79 Å². The van der Waals surface area contributed by atoms with Crippen LogP contribution in [-0.4, -0.2) is 48.1 Å². The minimum Gasteiger partial charge on any atom is -0.356 e. The second-order valence-corrected chi connectivity index (χ2v) is 7.05. The predicted octanol–water partition coefficient (Wildman–Crippen LogP) is 2.48. The highest BCUT2D eigenvalue weighted by Gasteiger charge is 2.24. The second kappa shape index (κ2) is 7.72. The molecular weight excluding hydrogens is 326 g/mol. The summed E-state index contributed by atoms with van der Waals surface area (Å²) in [4.78, 5) is 25.9. The summed E-state index contributed by atoms with van der Waals surface area (Å²) < 4.78 is 0. The molecule has 3 heterocycles. The topological polar surface area (TPSA) is 61.4 Å². The first-order valence-corrected chi connectivity index (χ1v) is 9.47. The number of carbonyl (C=O) groups is 1. The van der Waals surface area contributed by atoms with Crippen LogP contribution >= 0.6 is 0 Å². The van der Waals surface area contributed by atoms with Crippen molar-refractivity contribution in [3.05, 3.63) is 48.3 Å². The molecule has 6 heteroatoms. The molecule has 2 aliphatic rings. The molecule has 136 valence electrons. The highest BCUT2D eigenvalue weighted by molar-refractivity contribution is 5.94. The Morgan fingerprint density at radius 3 is 2.42 bits per heavy atom. The molecule has 0 saturated carbocycles. The van der Waals surface area contributed by atoms with Crippen LogP contribution in [0.4, 0.5) is 11.6 Å². The van der Waals surface area contributed by atoms with Crippen molar-refractivity contribution >= 4 is 17.5 Å². The van der Waals surface area contributed by atoms with E-state index < -0.39 is 0 Å². The summed E-state index contributed by atoms with van der Waals surface area (Å²) in [5.41, 5.74) is 0.711. The molecule has 1 aromatic heterocycles. The zero-order valence-corrected chi connectivity index (χ0v) is 15.0. The van der Waals surface area contributed by atoms with Crippen LogP contribution < -0.4 is 15.1 Å². The smallest absolute Gasteiger partial charge is 0.251 e. The lowest BCUT2D eigenvalue weighted by molar-refractivity contribution is 0.0933. The Bertz CT molecular complexity index is 745. The quantitative estimate of drug-likeness (QED) is 0.917. The van der Waals surface area contributed by atoms with Gasteiger partial charge in [0, 0.05) is 43.9 Å². The van der Waals surface area contributed by atoms with Crippen LogP contribution in [0.3, 0.4) is 0 Å². The third-order valence-electron chi connectivity index (χ3n) is 5.18. The highest BCUT2D eigenvalue weighted by atomic mass is 16.1. The van der Waals surface area contributed by atoms with Crippen molar-refractivity contribution in [1.29, 1.82) is 0 Å². The molecule has 2 aliphatic heterocycles. The molecule has 4 rings (SSSR count). The summed E-state index contributed by atoms with van der Waals surface area (Å²) in [7, 11) is 0. The van der Waals surface area contributed by atoms with Crippen LogP contribution in [0.25, 0.3) is 0 Å². The molecular formula is C20H25N5O. The first-order valence-electron chi connectivity index (χ1n) is 9.47. The lowest BCUT2D eigenvalue weighted by atomic mass is 10.0. The second-order valence-electron chi connectivity index (χ2n) is 7.05. The number of benzene rings is 1. The first-order chi connectivity index (χ1) is 12.8. The van der Waals surface area contributed by atoms with Gasteiger partial charge in [-0.15, -0.1) is 0 Å². The number of carbonyl (C=O) groups excluding carboxylic acids is 1. The summed E-state index contributed by atoms with van der Waals surface area (Å²) >= 11 is 0. The van der Waals surface area contributed by atoms with Crippen molar-refractivity contribution in [2.24, 2.45) is 0 Å². The van der Waals surface area contributed by atoms with Crippen molar-refractivity contribution in [3.8, 4) is 0 Å². The lowest BCUT2D eigenvalue weighted by Gasteiger charge is -2.34. The Morgan fingerprint density at radius 2 is 1.65 bits per heavy atom. The molecule has 0 aliphatic carbocycles. The molecule has 1 amide bonds. The van der Waals surface area contributed by atoms with Crippen LogP contribution in [0, 0.1) is 0 Å². The van der Waals surface area contributed by atoms with E-state index >= 15 is 0 Å². The maximum Gasteiger partial charge on any atom is 0.251 e. The van der Waals surface area contributed by atoms with E-state index in [1.54, 1.807) is 6.33 Å². The fourth-order valence-corrected chi connectivity index (χ4v) is 3.79. The van der Waals surface area contributed by atoms with Gasteiger partial charge in [-0.1, -0.05) is 18.2 Å². The normalized spacial score (nSPS) is 20.2. The number of hydrogen-bond donors (Lipinski definition) is 1. The van der Waals surface area contributed by atoms with Gasteiger partial charge in [-0.2, -0.15) is 0 Å². The molecule has 6 nitrogen and oxygen atoms in total. The Labute approximate surface area is 154 Å². The van der Waals surface area contributed by atoms with Gasteiger partial charge in [0.1, 0.15) is 18.0 Å². The van der Waals surface area contributed by atoms with Gasteiger partial charge in [-0.25, -0.2) is 9.97 Å². The summed E-state index contributed by atoms with van der Waals surface area (Å²) in [5.74, 6) is 1.97. The van der Waals surface area contributed by atoms with E-state index in [1.807, 2.05) is 30.3 Å². The Hall–Kier alpha value is -2.63. The van der Waals surface area contributed by atoms with E-state index in [0.717, 1.165) is 50.7 Å². The van der Waals surface area contributed by atoms with Gasteiger partial charge in [0.15, 0.2) is 0 Å². The molecule has 1 N–H and O–H groups in total. The molecule has 2 fully saturated rings. The monoisotopic (exact) mass is 351 g/mol. The Balaban J connectivity index is 1.42. The SMILES string of the molecule is O=C(N[C@@H]1CCCN(c2cc(N3CCCC3)ncn2)C1)c1ccccc1. The van der Waals surface area contributed by atoms with Gasteiger partial charge >= 0.3 is 0 Å². The van der Waals surface area contributed by atoms with Gasteiger partial charge in [-0.3, -0.25) is 4.79 Å². The van der Waals surface area contributed by atoms with E-state index in [9.17, 15) is 4.79 Å². The van der Waals surface area contributed by atoms with Crippen LogP contribution in [0.5, 0.6) is 0 Å². The van der Waals surface area contributed by atoms with Crippen LogP contribution in [-0.2, 0) is 0 Å². The van der Waals surface area contributed by atoms with Crippen molar-refractivity contribution in [1.82, 2.24) is 15.3 Å². The largest absolute Gasteiger partial charge is 0.356 e. The summed E-state index contributed by atoms with van der Waals surface area (Å²) in [6.07, 6.45) is 6.17. The van der Waals surface area contributed by atoms with Crippen LogP contribution in [0.2, 0.25) is 0 Å². The average molecular weight is 351 g/mol. The summed E-state index contributed by atoms with van der Waals surface area (Å²) in [6, 6.07) is 11.6. The molecule has 1 aromatic carbocycles. The van der Waals surface area contributed by atoms with Crippen molar-refractivity contribution in [3.63, 3.8) is 0 Å². The Kier molecular flexibility index (Phi) is 5.00. The molecule has 0 bridgehead atoms. The van der Waals surface area contributed by atoms with Gasteiger partial charge in [0.2, 0.25) is 0 Å². The Morgan fingerprint density at radius 1 is 0.962 bits per heavy atom. The van der Waals surface area contributed by atoms with Gasteiger partial charge < -0.3 is 15.1 Å². The van der Waals surface area contributed by atoms with E-state index in [4.69, 9.17) is 0 Å². The molecule has 0 spiro atoms. The number of hydrogen-bond acceptors (Lipinski definition) is 5. The number of rotatable bonds is 4. The van der Waals surface area contributed by atoms with E-state index in [-0.39, 0.29) is 11.9 Å². The molecule has 2 saturated heterocycles. The fraction of sp³-hybridized carbons (Fsp3) is 0.450. The molecule has 26 heavy (non-hydrogen) atoms. The van der Waals surface area contributed by atoms with Crippen LogP contribution in [0.1, 0.15) is 36.0 Å². The molecule has 0 unspecified atom stereocenters. The molecule has 1 atom stereocenters. The summed E-state index contributed by atoms with van der Waals surface area (Å²) in [6.45, 7) is 3.90. The van der Waals surface area contributed by atoms with Gasteiger partial charge in [0.25, 0.3) is 5.91 Å². The maximum atomic E-state index is 12.4. The number of anilines is 2. The molecule has 2 aromatic rings. The fourth-order valence-electron chi connectivity index (χ4n) is 3.79. The highest BCUT2D eigenvalue weighted by Crippen LogP contribution is 2.23. The van der Waals surface area contributed by atoms with Crippen molar-refractivity contribution in [2.75, 3.05) is 36.0 Å². The van der Waals surface area contributed by atoms with Gasteiger partial charge in [0.05, 0.1) is 0 Å². The minimum absolute atomic E-state index is 0.00195. The van der Waals surface area contributed by atoms with Gasteiger partial charge in [-0.05, 0) is 37.8 Å². The first kappa shape index (κ1) is 16.8. The predicted molar refractivity (Wildman–Crippen MR) is 103 cm³/mol. The lowest BCUT2D eigenvalue weighted by Crippen LogP contribution is -2.48.